The van der Waals surface area contributed by atoms with Crippen LogP contribution in [-0.2, 0) is 27.2 Å². The minimum atomic E-state index is -0.743. The first-order chi connectivity index (χ1) is 15.5. The van der Waals surface area contributed by atoms with Gasteiger partial charge in [-0.2, -0.15) is 0 Å². The molecule has 3 atom stereocenters. The number of aliphatic carboxylic acids is 1. The number of aliphatic hydroxyl groups is 1. The summed E-state index contributed by atoms with van der Waals surface area (Å²) in [4.78, 5) is 22.9. The summed E-state index contributed by atoms with van der Waals surface area (Å²) in [5.74, 6) is -0.160. The SMILES string of the molecule is CCCOCCc1cccc(CC(O)/C=C/C2CCC(=O)[C@@H]2CCCCCCC(=O)O)c1. The van der Waals surface area contributed by atoms with Crippen LogP contribution in [-0.4, -0.2) is 41.3 Å². The maximum atomic E-state index is 12.3. The number of benzene rings is 1. The van der Waals surface area contributed by atoms with Crippen LogP contribution in [0.25, 0.3) is 0 Å². The van der Waals surface area contributed by atoms with Crippen molar-refractivity contribution < 1.29 is 24.5 Å². The van der Waals surface area contributed by atoms with E-state index in [1.54, 1.807) is 0 Å². The molecule has 2 N–H and O–H groups in total. The van der Waals surface area contributed by atoms with Crippen molar-refractivity contribution in [3.8, 4) is 0 Å². The summed E-state index contributed by atoms with van der Waals surface area (Å²) in [5, 5.41) is 19.2. The normalized spacial score (nSPS) is 19.6. The number of unbranched alkanes of at least 4 members (excludes halogenated alkanes) is 3. The minimum Gasteiger partial charge on any atom is -0.481 e. The van der Waals surface area contributed by atoms with E-state index < -0.39 is 12.1 Å². The number of hydrogen-bond acceptors (Lipinski definition) is 4. The predicted octanol–water partition coefficient (Wildman–Crippen LogP) is 5.14. The number of ether oxygens (including phenoxy) is 1. The van der Waals surface area contributed by atoms with Crippen molar-refractivity contribution in [2.75, 3.05) is 13.2 Å². The van der Waals surface area contributed by atoms with Gasteiger partial charge in [-0.25, -0.2) is 0 Å². The summed E-state index contributed by atoms with van der Waals surface area (Å²) in [5.41, 5.74) is 2.33. The second-order valence-corrected chi connectivity index (χ2v) is 8.96. The fourth-order valence-corrected chi connectivity index (χ4v) is 4.46. The van der Waals surface area contributed by atoms with Crippen molar-refractivity contribution in [2.45, 2.75) is 83.7 Å². The van der Waals surface area contributed by atoms with Crippen LogP contribution < -0.4 is 0 Å². The molecule has 0 saturated heterocycles. The molecule has 2 unspecified atom stereocenters. The molecule has 32 heavy (non-hydrogen) atoms. The largest absolute Gasteiger partial charge is 0.481 e. The second-order valence-electron chi connectivity index (χ2n) is 8.96. The Morgan fingerprint density at radius 3 is 2.75 bits per heavy atom. The number of carboxylic acids is 1. The lowest BCUT2D eigenvalue weighted by Crippen LogP contribution is -2.14. The fraction of sp³-hybridized carbons (Fsp3) is 0.630. The third kappa shape index (κ3) is 10.1. The van der Waals surface area contributed by atoms with Gasteiger partial charge in [-0.15, -0.1) is 0 Å². The Hall–Kier alpha value is -1.98. The molecule has 2 rings (SSSR count). The minimum absolute atomic E-state index is 0.0457. The van der Waals surface area contributed by atoms with E-state index in [-0.39, 0.29) is 18.3 Å². The molecule has 178 valence electrons. The summed E-state index contributed by atoms with van der Waals surface area (Å²) in [6.45, 7) is 3.61. The zero-order valence-electron chi connectivity index (χ0n) is 19.5. The van der Waals surface area contributed by atoms with Gasteiger partial charge in [-0.05, 0) is 49.1 Å². The summed E-state index contributed by atoms with van der Waals surface area (Å²) < 4.78 is 5.57. The number of carbonyl (C=O) groups is 2. The molecule has 1 aliphatic rings. The van der Waals surface area contributed by atoms with Crippen LogP contribution in [0.1, 0.15) is 75.8 Å². The second kappa shape index (κ2) is 15.0. The van der Waals surface area contributed by atoms with E-state index in [0.29, 0.717) is 25.0 Å². The average Bonchev–Trinajstić information content (AvgIpc) is 3.11. The first-order valence-corrected chi connectivity index (χ1v) is 12.3. The molecule has 1 fully saturated rings. The van der Waals surface area contributed by atoms with Crippen LogP contribution in [0.3, 0.4) is 0 Å². The van der Waals surface area contributed by atoms with Gasteiger partial charge < -0.3 is 14.9 Å². The van der Waals surface area contributed by atoms with Crippen LogP contribution in [0, 0.1) is 11.8 Å². The number of rotatable bonds is 16. The zero-order valence-corrected chi connectivity index (χ0v) is 19.5. The molecule has 0 bridgehead atoms. The van der Waals surface area contributed by atoms with Gasteiger partial charge >= 0.3 is 5.97 Å². The molecule has 0 radical (unpaired) electrons. The standard InChI is InChI=1S/C27H40O5/c1-2-17-32-18-16-21-8-7-9-22(19-21)20-24(28)14-12-23-13-15-26(29)25(23)10-5-3-4-6-11-27(30)31/h7-9,12,14,19,23-25,28H,2-6,10-11,13,15-18,20H2,1H3,(H,30,31)/b14-12+/t23?,24?,25-/m1/s1. The van der Waals surface area contributed by atoms with Crippen molar-refractivity contribution in [3.63, 3.8) is 0 Å². The first-order valence-electron chi connectivity index (χ1n) is 12.3. The highest BCUT2D eigenvalue weighted by Crippen LogP contribution is 2.34. The van der Waals surface area contributed by atoms with Gasteiger partial charge in [0, 0.05) is 31.8 Å². The Morgan fingerprint density at radius 1 is 1.19 bits per heavy atom. The van der Waals surface area contributed by atoms with Crippen LogP contribution in [0.5, 0.6) is 0 Å². The number of ketones is 1. The van der Waals surface area contributed by atoms with E-state index in [2.05, 4.69) is 19.1 Å². The zero-order chi connectivity index (χ0) is 23.2. The Bertz CT molecular complexity index is 727. The number of allylic oxidation sites excluding steroid dienone is 1. The van der Waals surface area contributed by atoms with E-state index >= 15 is 0 Å². The quantitative estimate of drug-likeness (QED) is 0.273. The van der Waals surface area contributed by atoms with E-state index in [1.807, 2.05) is 24.3 Å². The number of carboxylic acid groups (broad SMARTS) is 1. The fourth-order valence-electron chi connectivity index (χ4n) is 4.46. The summed E-state index contributed by atoms with van der Waals surface area (Å²) >= 11 is 0. The molecule has 5 nitrogen and oxygen atoms in total. The average molecular weight is 445 g/mol. The Kier molecular flexibility index (Phi) is 12.3. The lowest BCUT2D eigenvalue weighted by molar-refractivity contribution is -0.137. The molecule has 1 aromatic rings. The molecule has 1 aliphatic carbocycles. The lowest BCUT2D eigenvalue weighted by atomic mass is 9.89. The topological polar surface area (TPSA) is 83.8 Å². The molecule has 0 amide bonds. The summed E-state index contributed by atoms with van der Waals surface area (Å²) in [6.07, 6.45) is 11.9. The van der Waals surface area contributed by atoms with Gasteiger partial charge in [0.2, 0.25) is 0 Å². The predicted molar refractivity (Wildman–Crippen MR) is 127 cm³/mol. The molecule has 0 spiro atoms. The van der Waals surface area contributed by atoms with Gasteiger partial charge in [0.25, 0.3) is 0 Å². The number of carbonyl (C=O) groups excluding carboxylic acids is 1. The number of aliphatic hydroxyl groups excluding tert-OH is 1. The monoisotopic (exact) mass is 444 g/mol. The number of hydrogen-bond donors (Lipinski definition) is 2. The van der Waals surface area contributed by atoms with Crippen molar-refractivity contribution >= 4 is 11.8 Å². The maximum Gasteiger partial charge on any atom is 0.303 e. The molecule has 0 aromatic heterocycles. The molecule has 1 aromatic carbocycles. The highest BCUT2D eigenvalue weighted by Gasteiger charge is 2.32. The van der Waals surface area contributed by atoms with Crippen molar-refractivity contribution in [2.24, 2.45) is 11.8 Å². The molecule has 0 aliphatic heterocycles. The van der Waals surface area contributed by atoms with Crippen molar-refractivity contribution in [3.05, 3.63) is 47.5 Å². The Morgan fingerprint density at radius 2 is 1.97 bits per heavy atom. The summed E-state index contributed by atoms with van der Waals surface area (Å²) in [7, 11) is 0. The van der Waals surface area contributed by atoms with Crippen LogP contribution in [0.4, 0.5) is 0 Å². The van der Waals surface area contributed by atoms with Gasteiger partial charge in [0.05, 0.1) is 12.7 Å². The van der Waals surface area contributed by atoms with E-state index in [0.717, 1.165) is 63.7 Å². The first kappa shape index (κ1) is 26.3. The molecule has 5 heteroatoms. The van der Waals surface area contributed by atoms with E-state index in [9.17, 15) is 14.7 Å². The third-order valence-corrected chi connectivity index (χ3v) is 6.21. The third-order valence-electron chi connectivity index (χ3n) is 6.21. The maximum absolute atomic E-state index is 12.3. The highest BCUT2D eigenvalue weighted by molar-refractivity contribution is 5.83. The molecule has 0 heterocycles. The van der Waals surface area contributed by atoms with Gasteiger partial charge in [0.15, 0.2) is 0 Å². The van der Waals surface area contributed by atoms with Crippen LogP contribution in [0.2, 0.25) is 0 Å². The van der Waals surface area contributed by atoms with Crippen LogP contribution in [0.15, 0.2) is 36.4 Å². The van der Waals surface area contributed by atoms with Crippen molar-refractivity contribution in [1.82, 2.24) is 0 Å². The number of Topliss-reactive ketones (excluding diaryl/α,β-unsaturated/α-hetero) is 1. The van der Waals surface area contributed by atoms with Gasteiger partial charge in [-0.1, -0.05) is 62.6 Å². The van der Waals surface area contributed by atoms with Gasteiger partial charge in [-0.3, -0.25) is 9.59 Å². The lowest BCUT2D eigenvalue weighted by Gasteiger charge is -2.15. The van der Waals surface area contributed by atoms with Crippen LogP contribution >= 0.6 is 0 Å². The molecular formula is C27H40O5. The molecule has 1 saturated carbocycles. The Balaban J connectivity index is 1.77. The highest BCUT2D eigenvalue weighted by atomic mass is 16.5. The van der Waals surface area contributed by atoms with E-state index in [1.165, 1.54) is 5.56 Å². The van der Waals surface area contributed by atoms with Gasteiger partial charge in [0.1, 0.15) is 5.78 Å². The smallest absolute Gasteiger partial charge is 0.303 e. The molecular weight excluding hydrogens is 404 g/mol. The summed E-state index contributed by atoms with van der Waals surface area (Å²) in [6, 6.07) is 8.30. The van der Waals surface area contributed by atoms with E-state index in [4.69, 9.17) is 9.84 Å². The van der Waals surface area contributed by atoms with Crippen molar-refractivity contribution in [1.29, 1.82) is 0 Å². The Labute approximate surface area is 192 Å².